The zero-order chi connectivity index (χ0) is 12.9. The van der Waals surface area contributed by atoms with E-state index in [0.29, 0.717) is 12.3 Å². The van der Waals surface area contributed by atoms with Crippen LogP contribution in [0.5, 0.6) is 0 Å². The van der Waals surface area contributed by atoms with E-state index in [0.717, 1.165) is 19.3 Å². The molecule has 1 saturated carbocycles. The first-order chi connectivity index (χ1) is 7.95. The Morgan fingerprint density at radius 3 is 2.47 bits per heavy atom. The smallest absolute Gasteiger partial charge is 0.222 e. The highest BCUT2D eigenvalue weighted by molar-refractivity contribution is 5.77. The maximum absolute atomic E-state index is 11.9. The van der Waals surface area contributed by atoms with Gasteiger partial charge in [-0.1, -0.05) is 33.1 Å². The molecular formula is C14H28N2O. The van der Waals surface area contributed by atoms with Gasteiger partial charge in [0.15, 0.2) is 0 Å². The molecular weight excluding hydrogens is 212 g/mol. The third-order valence-corrected chi connectivity index (χ3v) is 3.97. The van der Waals surface area contributed by atoms with Crippen molar-refractivity contribution in [2.45, 2.75) is 77.3 Å². The first-order valence-corrected chi connectivity index (χ1v) is 7.03. The molecule has 1 aliphatic carbocycles. The van der Waals surface area contributed by atoms with Gasteiger partial charge in [-0.05, 0) is 32.1 Å². The van der Waals surface area contributed by atoms with Gasteiger partial charge in [-0.15, -0.1) is 0 Å². The number of amides is 1. The number of nitrogens with two attached hydrogens (primary N) is 1. The third kappa shape index (κ3) is 5.07. The minimum Gasteiger partial charge on any atom is -0.354 e. The summed E-state index contributed by atoms with van der Waals surface area (Å²) in [6.07, 6.45) is 7.07. The van der Waals surface area contributed by atoms with Crippen LogP contribution in [0.2, 0.25) is 0 Å². The van der Waals surface area contributed by atoms with E-state index in [2.05, 4.69) is 26.1 Å². The van der Waals surface area contributed by atoms with Gasteiger partial charge >= 0.3 is 0 Å². The summed E-state index contributed by atoms with van der Waals surface area (Å²) >= 11 is 0. The van der Waals surface area contributed by atoms with E-state index in [-0.39, 0.29) is 17.5 Å². The molecule has 100 valence electrons. The number of carbonyl (C=O) groups is 1. The zero-order valence-electron chi connectivity index (χ0n) is 11.6. The average molecular weight is 240 g/mol. The molecule has 0 saturated heterocycles. The Morgan fingerprint density at radius 2 is 1.94 bits per heavy atom. The second kappa shape index (κ2) is 6.39. The van der Waals surface area contributed by atoms with Crippen molar-refractivity contribution in [3.05, 3.63) is 0 Å². The van der Waals surface area contributed by atoms with Gasteiger partial charge in [-0.2, -0.15) is 0 Å². The van der Waals surface area contributed by atoms with Crippen LogP contribution in [0.15, 0.2) is 0 Å². The molecule has 0 spiro atoms. The highest BCUT2D eigenvalue weighted by Gasteiger charge is 2.31. The average Bonchev–Trinajstić information content (AvgIpc) is 2.63. The lowest BCUT2D eigenvalue weighted by Gasteiger charge is -2.24. The van der Waals surface area contributed by atoms with Crippen LogP contribution in [0.3, 0.4) is 0 Å². The molecule has 0 aromatic carbocycles. The van der Waals surface area contributed by atoms with Crippen molar-refractivity contribution < 1.29 is 4.79 Å². The van der Waals surface area contributed by atoms with Gasteiger partial charge in [0.05, 0.1) is 0 Å². The molecule has 0 aromatic heterocycles. The molecule has 1 rings (SSSR count). The zero-order valence-corrected chi connectivity index (χ0v) is 11.6. The fourth-order valence-corrected chi connectivity index (χ4v) is 2.73. The molecule has 1 amide bonds. The Labute approximate surface area is 106 Å². The van der Waals surface area contributed by atoms with E-state index in [1.54, 1.807) is 0 Å². The summed E-state index contributed by atoms with van der Waals surface area (Å²) in [6, 6.07) is 0.266. The largest absolute Gasteiger partial charge is 0.354 e. The lowest BCUT2D eigenvalue weighted by molar-refractivity contribution is -0.122. The monoisotopic (exact) mass is 240 g/mol. The molecule has 2 unspecified atom stereocenters. The molecule has 2 atom stereocenters. The van der Waals surface area contributed by atoms with Crippen LogP contribution in [0.25, 0.3) is 0 Å². The molecule has 0 bridgehead atoms. The fraction of sp³-hybridized carbons (Fsp3) is 0.929. The molecule has 0 heterocycles. The van der Waals surface area contributed by atoms with Crippen LogP contribution in [0.1, 0.15) is 65.7 Å². The highest BCUT2D eigenvalue weighted by atomic mass is 16.1. The molecule has 0 aliphatic heterocycles. The van der Waals surface area contributed by atoms with Crippen molar-refractivity contribution in [2.75, 3.05) is 0 Å². The Morgan fingerprint density at radius 1 is 1.35 bits per heavy atom. The van der Waals surface area contributed by atoms with Gasteiger partial charge in [0.25, 0.3) is 0 Å². The number of rotatable bonds is 6. The summed E-state index contributed by atoms with van der Waals surface area (Å²) < 4.78 is 0. The second-order valence-electron chi connectivity index (χ2n) is 5.96. The molecule has 0 aromatic rings. The predicted octanol–water partition coefficient (Wildman–Crippen LogP) is 2.59. The standard InChI is InChI=1S/C14H28N2O/c1-4-11(2)9-12(3)16-13(17)10-14(15)7-5-6-8-14/h11-12H,4-10,15H2,1-3H3,(H,16,17). The Balaban J connectivity index is 2.28. The Kier molecular flexibility index (Phi) is 5.44. The Hall–Kier alpha value is -0.570. The molecule has 1 fully saturated rings. The highest BCUT2D eigenvalue weighted by Crippen LogP contribution is 2.29. The van der Waals surface area contributed by atoms with Crippen LogP contribution in [-0.2, 0) is 4.79 Å². The van der Waals surface area contributed by atoms with Crippen molar-refractivity contribution >= 4 is 5.91 Å². The minimum atomic E-state index is -0.222. The van der Waals surface area contributed by atoms with Crippen LogP contribution < -0.4 is 11.1 Å². The SMILES string of the molecule is CCC(C)CC(C)NC(=O)CC1(N)CCCC1. The summed E-state index contributed by atoms with van der Waals surface area (Å²) in [7, 11) is 0. The van der Waals surface area contributed by atoms with Gasteiger partial charge in [-0.25, -0.2) is 0 Å². The number of carbonyl (C=O) groups excluding carboxylic acids is 1. The molecule has 1 aliphatic rings. The first-order valence-electron chi connectivity index (χ1n) is 7.03. The van der Waals surface area contributed by atoms with Crippen molar-refractivity contribution in [3.8, 4) is 0 Å². The van der Waals surface area contributed by atoms with E-state index in [4.69, 9.17) is 5.73 Å². The van der Waals surface area contributed by atoms with Gasteiger partial charge < -0.3 is 11.1 Å². The van der Waals surface area contributed by atoms with Crippen molar-refractivity contribution in [1.82, 2.24) is 5.32 Å². The predicted molar refractivity (Wildman–Crippen MR) is 71.7 cm³/mol. The third-order valence-electron chi connectivity index (χ3n) is 3.97. The van der Waals surface area contributed by atoms with Gasteiger partial charge in [-0.3, -0.25) is 4.79 Å². The normalized spacial score (nSPS) is 22.1. The second-order valence-corrected chi connectivity index (χ2v) is 5.96. The molecule has 0 radical (unpaired) electrons. The molecule has 17 heavy (non-hydrogen) atoms. The van der Waals surface area contributed by atoms with Gasteiger partial charge in [0.1, 0.15) is 0 Å². The topological polar surface area (TPSA) is 55.1 Å². The van der Waals surface area contributed by atoms with Crippen molar-refractivity contribution in [1.29, 1.82) is 0 Å². The molecule has 3 nitrogen and oxygen atoms in total. The van der Waals surface area contributed by atoms with Gasteiger partial charge in [0.2, 0.25) is 5.91 Å². The maximum atomic E-state index is 11.9. The number of hydrogen-bond acceptors (Lipinski definition) is 2. The van der Waals surface area contributed by atoms with E-state index >= 15 is 0 Å². The first kappa shape index (κ1) is 14.5. The van der Waals surface area contributed by atoms with Crippen molar-refractivity contribution in [2.24, 2.45) is 11.7 Å². The van der Waals surface area contributed by atoms with E-state index < -0.39 is 0 Å². The molecule has 3 N–H and O–H groups in total. The minimum absolute atomic E-state index is 0.130. The number of hydrogen-bond donors (Lipinski definition) is 2. The van der Waals surface area contributed by atoms with E-state index in [1.165, 1.54) is 19.3 Å². The maximum Gasteiger partial charge on any atom is 0.222 e. The lowest BCUT2D eigenvalue weighted by atomic mass is 9.94. The lowest BCUT2D eigenvalue weighted by Crippen LogP contribution is -2.44. The fourth-order valence-electron chi connectivity index (χ4n) is 2.73. The summed E-state index contributed by atoms with van der Waals surface area (Å²) in [5.41, 5.74) is 5.98. The summed E-state index contributed by atoms with van der Waals surface area (Å²) in [5.74, 6) is 0.800. The van der Waals surface area contributed by atoms with Crippen LogP contribution in [0.4, 0.5) is 0 Å². The summed E-state index contributed by atoms with van der Waals surface area (Å²) in [6.45, 7) is 6.50. The molecule has 3 heteroatoms. The number of nitrogens with one attached hydrogen (secondary N) is 1. The summed E-state index contributed by atoms with van der Waals surface area (Å²) in [4.78, 5) is 11.9. The van der Waals surface area contributed by atoms with Crippen LogP contribution >= 0.6 is 0 Å². The van der Waals surface area contributed by atoms with E-state index in [1.807, 2.05) is 0 Å². The Bertz CT molecular complexity index is 247. The summed E-state index contributed by atoms with van der Waals surface area (Å²) in [5, 5.41) is 3.08. The van der Waals surface area contributed by atoms with Crippen LogP contribution in [0, 0.1) is 5.92 Å². The van der Waals surface area contributed by atoms with Crippen molar-refractivity contribution in [3.63, 3.8) is 0 Å². The van der Waals surface area contributed by atoms with Crippen LogP contribution in [-0.4, -0.2) is 17.5 Å². The van der Waals surface area contributed by atoms with Gasteiger partial charge in [0, 0.05) is 18.0 Å². The van der Waals surface area contributed by atoms with E-state index in [9.17, 15) is 4.79 Å². The quantitative estimate of drug-likeness (QED) is 0.750.